The molecule has 0 bridgehead atoms. The van der Waals surface area contributed by atoms with E-state index >= 15 is 0 Å². The number of hydrogen-bond donors (Lipinski definition) is 1. The quantitative estimate of drug-likeness (QED) is 0.846. The fraction of sp³-hybridized carbons (Fsp3) is 0.643. The van der Waals surface area contributed by atoms with Crippen LogP contribution < -0.4 is 5.32 Å². The van der Waals surface area contributed by atoms with Crippen LogP contribution >= 0.6 is 0 Å². The molecule has 17 heavy (non-hydrogen) atoms. The van der Waals surface area contributed by atoms with Crippen molar-refractivity contribution in [2.45, 2.75) is 46.6 Å². The van der Waals surface area contributed by atoms with E-state index in [1.807, 2.05) is 6.92 Å². The van der Waals surface area contributed by atoms with Crippen LogP contribution in [0.3, 0.4) is 0 Å². The van der Waals surface area contributed by atoms with Crippen LogP contribution in [0.1, 0.15) is 52.1 Å². The highest BCUT2D eigenvalue weighted by Crippen LogP contribution is 2.28. The van der Waals surface area contributed by atoms with Crippen molar-refractivity contribution in [3.63, 3.8) is 0 Å². The Kier molecular flexibility index (Phi) is 5.06. The molecule has 0 amide bonds. The summed E-state index contributed by atoms with van der Waals surface area (Å²) >= 11 is 0. The summed E-state index contributed by atoms with van der Waals surface area (Å²) in [7, 11) is 0. The number of hydrogen-bond acceptors (Lipinski definition) is 2. The van der Waals surface area contributed by atoms with Crippen molar-refractivity contribution in [2.75, 3.05) is 6.54 Å². The van der Waals surface area contributed by atoms with Crippen molar-refractivity contribution >= 4 is 0 Å². The normalized spacial score (nSPS) is 13.7. The number of pyridine rings is 1. The summed E-state index contributed by atoms with van der Waals surface area (Å²) in [5, 5.41) is 3.34. The molecule has 0 aromatic carbocycles. The first kappa shape index (κ1) is 14.1. The Balaban J connectivity index is 2.75. The Labute approximate surface area is 104 Å². The molecule has 1 rings (SSSR count). The lowest BCUT2D eigenvalue weighted by Crippen LogP contribution is -2.23. The van der Waals surface area contributed by atoms with Crippen molar-refractivity contribution in [1.82, 2.24) is 10.3 Å². The van der Waals surface area contributed by atoms with Crippen molar-refractivity contribution in [2.24, 2.45) is 5.41 Å². The van der Waals surface area contributed by atoms with Gasteiger partial charge in [-0.05, 0) is 30.9 Å². The molecule has 0 aliphatic carbocycles. The lowest BCUT2D eigenvalue weighted by atomic mass is 9.87. The van der Waals surface area contributed by atoms with E-state index in [-0.39, 0.29) is 17.3 Å². The van der Waals surface area contributed by atoms with Crippen LogP contribution in [0.15, 0.2) is 18.5 Å². The molecular weight excluding hydrogens is 215 g/mol. The fourth-order valence-corrected chi connectivity index (χ4v) is 1.86. The van der Waals surface area contributed by atoms with Gasteiger partial charge in [0, 0.05) is 17.8 Å². The molecule has 0 spiro atoms. The molecule has 1 unspecified atom stereocenters. The van der Waals surface area contributed by atoms with E-state index in [4.69, 9.17) is 0 Å². The maximum Gasteiger partial charge on any atom is 0.146 e. The minimum Gasteiger partial charge on any atom is -0.310 e. The number of halogens is 1. The van der Waals surface area contributed by atoms with Crippen LogP contribution in [0.5, 0.6) is 0 Å². The van der Waals surface area contributed by atoms with E-state index in [0.29, 0.717) is 0 Å². The van der Waals surface area contributed by atoms with Gasteiger partial charge >= 0.3 is 0 Å². The summed E-state index contributed by atoms with van der Waals surface area (Å²) in [5.41, 5.74) is 1.00. The zero-order valence-electron chi connectivity index (χ0n) is 11.3. The van der Waals surface area contributed by atoms with Crippen LogP contribution in [-0.2, 0) is 0 Å². The Morgan fingerprint density at radius 3 is 2.65 bits per heavy atom. The van der Waals surface area contributed by atoms with Gasteiger partial charge in [-0.3, -0.25) is 4.98 Å². The fourth-order valence-electron chi connectivity index (χ4n) is 1.86. The number of rotatable bonds is 5. The molecule has 0 fully saturated rings. The zero-order valence-corrected chi connectivity index (χ0v) is 11.3. The number of nitrogens with zero attached hydrogens (tertiary/aromatic N) is 1. The Morgan fingerprint density at radius 1 is 1.41 bits per heavy atom. The van der Waals surface area contributed by atoms with Gasteiger partial charge in [0.1, 0.15) is 5.82 Å². The second-order valence-electron chi connectivity index (χ2n) is 5.61. The van der Waals surface area contributed by atoms with E-state index in [2.05, 4.69) is 31.1 Å². The molecule has 0 saturated carbocycles. The SMILES string of the molecule is CCNC(CCC(C)(C)C)c1ccncc1F. The summed E-state index contributed by atoms with van der Waals surface area (Å²) in [6.07, 6.45) is 4.95. The molecule has 96 valence electrons. The summed E-state index contributed by atoms with van der Waals surface area (Å²) < 4.78 is 13.7. The predicted octanol–water partition coefficient (Wildman–Crippen LogP) is 3.70. The highest BCUT2D eigenvalue weighted by atomic mass is 19.1. The summed E-state index contributed by atoms with van der Waals surface area (Å²) in [6.45, 7) is 9.51. The average Bonchev–Trinajstić information content (AvgIpc) is 2.24. The monoisotopic (exact) mass is 238 g/mol. The van der Waals surface area contributed by atoms with Gasteiger partial charge in [-0.15, -0.1) is 0 Å². The first-order valence-electron chi connectivity index (χ1n) is 6.27. The van der Waals surface area contributed by atoms with Crippen molar-refractivity contribution < 1.29 is 4.39 Å². The first-order valence-corrected chi connectivity index (χ1v) is 6.27. The van der Waals surface area contributed by atoms with Gasteiger partial charge in [0.05, 0.1) is 6.20 Å². The Morgan fingerprint density at radius 2 is 2.12 bits per heavy atom. The molecule has 3 heteroatoms. The Bertz CT molecular complexity index is 344. The van der Waals surface area contributed by atoms with Gasteiger partial charge in [-0.2, -0.15) is 0 Å². The molecule has 0 aliphatic heterocycles. The number of aromatic nitrogens is 1. The van der Waals surface area contributed by atoms with Gasteiger partial charge in [0.2, 0.25) is 0 Å². The summed E-state index contributed by atoms with van der Waals surface area (Å²) in [6, 6.07) is 1.85. The molecule has 1 heterocycles. The highest BCUT2D eigenvalue weighted by Gasteiger charge is 2.18. The summed E-state index contributed by atoms with van der Waals surface area (Å²) in [4.78, 5) is 3.79. The summed E-state index contributed by atoms with van der Waals surface area (Å²) in [5.74, 6) is -0.215. The number of nitrogens with one attached hydrogen (secondary N) is 1. The zero-order chi connectivity index (χ0) is 12.9. The maximum absolute atomic E-state index is 13.7. The van der Waals surface area contributed by atoms with Gasteiger partial charge in [-0.25, -0.2) is 4.39 Å². The molecule has 1 atom stereocenters. The largest absolute Gasteiger partial charge is 0.310 e. The van der Waals surface area contributed by atoms with Crippen LogP contribution in [0, 0.1) is 11.2 Å². The smallest absolute Gasteiger partial charge is 0.146 e. The molecule has 0 saturated heterocycles. The highest BCUT2D eigenvalue weighted by molar-refractivity contribution is 5.17. The van der Waals surface area contributed by atoms with Crippen LogP contribution in [0.4, 0.5) is 4.39 Å². The topological polar surface area (TPSA) is 24.9 Å². The molecule has 1 aromatic heterocycles. The molecule has 2 nitrogen and oxygen atoms in total. The van der Waals surface area contributed by atoms with Crippen LogP contribution in [-0.4, -0.2) is 11.5 Å². The third-order valence-corrected chi connectivity index (χ3v) is 2.81. The van der Waals surface area contributed by atoms with Crippen molar-refractivity contribution in [1.29, 1.82) is 0 Å². The molecule has 1 aromatic rings. The van der Waals surface area contributed by atoms with Gasteiger partial charge in [-0.1, -0.05) is 27.7 Å². The second-order valence-corrected chi connectivity index (χ2v) is 5.61. The van der Waals surface area contributed by atoms with E-state index in [1.54, 1.807) is 12.3 Å². The van der Waals surface area contributed by atoms with Gasteiger partial charge < -0.3 is 5.32 Å². The molecule has 1 N–H and O–H groups in total. The van der Waals surface area contributed by atoms with E-state index < -0.39 is 0 Å². The standard InChI is InChI=1S/C14H23FN2/c1-5-17-13(6-8-14(2,3)4)11-7-9-16-10-12(11)15/h7,9-10,13,17H,5-6,8H2,1-4H3. The third-order valence-electron chi connectivity index (χ3n) is 2.81. The molecule has 0 radical (unpaired) electrons. The van der Waals surface area contributed by atoms with E-state index in [1.165, 1.54) is 6.20 Å². The first-order chi connectivity index (χ1) is 7.94. The average molecular weight is 238 g/mol. The lowest BCUT2D eigenvalue weighted by molar-refractivity contribution is 0.330. The minimum absolute atomic E-state index is 0.0854. The van der Waals surface area contributed by atoms with Crippen LogP contribution in [0.25, 0.3) is 0 Å². The van der Waals surface area contributed by atoms with Gasteiger partial charge in [0.15, 0.2) is 0 Å². The lowest BCUT2D eigenvalue weighted by Gasteiger charge is -2.24. The van der Waals surface area contributed by atoms with E-state index in [0.717, 1.165) is 24.9 Å². The second kappa shape index (κ2) is 6.10. The van der Waals surface area contributed by atoms with Crippen molar-refractivity contribution in [3.05, 3.63) is 29.8 Å². The minimum atomic E-state index is -0.215. The third kappa shape index (κ3) is 4.82. The molecule has 0 aliphatic rings. The predicted molar refractivity (Wildman–Crippen MR) is 69.3 cm³/mol. The Hall–Kier alpha value is -0.960. The van der Waals surface area contributed by atoms with Crippen molar-refractivity contribution in [3.8, 4) is 0 Å². The van der Waals surface area contributed by atoms with Crippen LogP contribution in [0.2, 0.25) is 0 Å². The van der Waals surface area contributed by atoms with E-state index in [9.17, 15) is 4.39 Å². The maximum atomic E-state index is 13.7. The van der Waals surface area contributed by atoms with Gasteiger partial charge in [0.25, 0.3) is 0 Å². The molecular formula is C14H23FN2.